The van der Waals surface area contributed by atoms with Gasteiger partial charge in [0, 0.05) is 9.52 Å². The molecule has 0 aromatic rings. The van der Waals surface area contributed by atoms with Gasteiger partial charge in [0.2, 0.25) is 0 Å². The van der Waals surface area contributed by atoms with Crippen molar-refractivity contribution < 1.29 is 0 Å². The van der Waals surface area contributed by atoms with E-state index in [0.29, 0.717) is 0 Å². The largest absolute Gasteiger partial charge is 0.0654 e. The predicted molar refractivity (Wildman–Crippen MR) is 63.5 cm³/mol. The van der Waals surface area contributed by atoms with Crippen LogP contribution in [0.15, 0.2) is 0 Å². The Hall–Kier alpha value is 0.217. The standard InChI is InChI=1S/C12H24Si/c1-2-3-4-8-11-13-12-9-6-5-7-10-12/h5H,2-4,6-11,13H2,1H3. The zero-order valence-electron chi connectivity index (χ0n) is 9.15. The van der Waals surface area contributed by atoms with Crippen LogP contribution in [0.25, 0.3) is 0 Å². The number of rotatable bonds is 6. The summed E-state index contributed by atoms with van der Waals surface area (Å²) in [5.74, 6) is 0. The first kappa shape index (κ1) is 11.3. The van der Waals surface area contributed by atoms with Crippen LogP contribution >= 0.6 is 0 Å². The van der Waals surface area contributed by atoms with E-state index in [2.05, 4.69) is 13.3 Å². The van der Waals surface area contributed by atoms with Gasteiger partial charge in [0.15, 0.2) is 0 Å². The van der Waals surface area contributed by atoms with Crippen LogP contribution in [-0.2, 0) is 0 Å². The molecule has 0 spiro atoms. The van der Waals surface area contributed by atoms with Gasteiger partial charge >= 0.3 is 0 Å². The fourth-order valence-electron chi connectivity index (χ4n) is 2.11. The van der Waals surface area contributed by atoms with Crippen molar-refractivity contribution in [2.75, 3.05) is 0 Å². The van der Waals surface area contributed by atoms with Crippen LogP contribution in [0.2, 0.25) is 6.04 Å². The molecule has 0 bridgehead atoms. The molecular formula is C12H24Si. The summed E-state index contributed by atoms with van der Waals surface area (Å²) in [4.78, 5) is 0. The lowest BCUT2D eigenvalue weighted by Gasteiger charge is -2.20. The van der Waals surface area contributed by atoms with Gasteiger partial charge in [-0.2, -0.15) is 0 Å². The van der Waals surface area contributed by atoms with Crippen LogP contribution in [0.4, 0.5) is 0 Å². The van der Waals surface area contributed by atoms with Gasteiger partial charge in [-0.05, 0) is 24.8 Å². The molecule has 0 N–H and O–H groups in total. The summed E-state index contributed by atoms with van der Waals surface area (Å²) >= 11 is 0. The van der Waals surface area contributed by atoms with Crippen molar-refractivity contribution in [1.82, 2.24) is 0 Å². The zero-order chi connectivity index (χ0) is 9.36. The Kier molecular flexibility index (Phi) is 6.61. The summed E-state index contributed by atoms with van der Waals surface area (Å²) in [5, 5.41) is 0. The van der Waals surface area contributed by atoms with Crippen LogP contribution in [-0.4, -0.2) is 9.52 Å². The maximum atomic E-state index is 2.47. The van der Waals surface area contributed by atoms with Crippen molar-refractivity contribution in [3.8, 4) is 0 Å². The molecule has 1 heteroatoms. The normalized spacial score (nSPS) is 20.1. The highest BCUT2D eigenvalue weighted by atomic mass is 28.2. The first-order valence-electron chi connectivity index (χ1n) is 6.08. The summed E-state index contributed by atoms with van der Waals surface area (Å²) < 4.78 is 0. The molecule has 0 aliphatic heterocycles. The van der Waals surface area contributed by atoms with Crippen molar-refractivity contribution in [2.24, 2.45) is 0 Å². The third kappa shape index (κ3) is 5.51. The van der Waals surface area contributed by atoms with Crippen molar-refractivity contribution in [3.63, 3.8) is 0 Å². The Labute approximate surface area is 86.3 Å². The lowest BCUT2D eigenvalue weighted by molar-refractivity contribution is 0.674. The molecule has 1 saturated carbocycles. The van der Waals surface area contributed by atoms with Crippen LogP contribution in [0.3, 0.4) is 0 Å². The molecule has 0 nitrogen and oxygen atoms in total. The molecule has 1 aliphatic carbocycles. The Morgan fingerprint density at radius 2 is 1.92 bits per heavy atom. The van der Waals surface area contributed by atoms with Crippen LogP contribution < -0.4 is 0 Å². The van der Waals surface area contributed by atoms with E-state index in [-0.39, 0.29) is 9.52 Å². The van der Waals surface area contributed by atoms with Gasteiger partial charge in [-0.25, -0.2) is 0 Å². The van der Waals surface area contributed by atoms with Gasteiger partial charge in [-0.15, -0.1) is 0 Å². The van der Waals surface area contributed by atoms with E-state index in [0.717, 1.165) is 0 Å². The van der Waals surface area contributed by atoms with Gasteiger partial charge in [0.05, 0.1) is 0 Å². The molecule has 0 atom stereocenters. The van der Waals surface area contributed by atoms with Gasteiger partial charge in [0.1, 0.15) is 0 Å². The molecule has 0 saturated heterocycles. The molecule has 0 heterocycles. The van der Waals surface area contributed by atoms with E-state index in [9.17, 15) is 0 Å². The second kappa shape index (κ2) is 7.60. The Bertz CT molecular complexity index is 106. The fourth-order valence-corrected chi connectivity index (χ4v) is 4.12. The van der Waals surface area contributed by atoms with Gasteiger partial charge < -0.3 is 0 Å². The molecule has 1 aliphatic rings. The van der Waals surface area contributed by atoms with Crippen molar-refractivity contribution in [2.45, 2.75) is 64.3 Å². The third-order valence-electron chi connectivity index (χ3n) is 3.04. The molecule has 13 heavy (non-hydrogen) atoms. The van der Waals surface area contributed by atoms with Crippen LogP contribution in [0.1, 0.15) is 58.3 Å². The zero-order valence-corrected chi connectivity index (χ0v) is 10.6. The van der Waals surface area contributed by atoms with Crippen molar-refractivity contribution in [1.29, 1.82) is 0 Å². The van der Waals surface area contributed by atoms with Gasteiger partial charge in [-0.1, -0.05) is 51.5 Å². The quantitative estimate of drug-likeness (QED) is 0.451. The molecular weight excluding hydrogens is 172 g/mol. The maximum Gasteiger partial charge on any atom is 0.0274 e. The lowest BCUT2D eigenvalue weighted by atomic mass is 10.0. The molecule has 1 rings (SSSR count). The summed E-state index contributed by atoms with van der Waals surface area (Å²) in [7, 11) is 0.234. The fraction of sp³-hybridized carbons (Fsp3) is 0.833. The average molecular weight is 196 g/mol. The van der Waals surface area contributed by atoms with Gasteiger partial charge in [-0.3, -0.25) is 0 Å². The van der Waals surface area contributed by atoms with Crippen molar-refractivity contribution >= 4 is 9.52 Å². The molecule has 0 aromatic heterocycles. The summed E-state index contributed by atoms with van der Waals surface area (Å²) in [6, 6.07) is 1.59. The second-order valence-corrected chi connectivity index (χ2v) is 6.49. The number of hydrogen-bond acceptors (Lipinski definition) is 0. The minimum Gasteiger partial charge on any atom is -0.0654 e. The van der Waals surface area contributed by atoms with Crippen LogP contribution in [0.5, 0.6) is 0 Å². The maximum absolute atomic E-state index is 2.47. The number of unbranched alkanes of at least 4 members (excludes halogenated alkanes) is 3. The third-order valence-corrected chi connectivity index (χ3v) is 5.31. The van der Waals surface area contributed by atoms with E-state index in [4.69, 9.17) is 0 Å². The molecule has 0 amide bonds. The predicted octanol–water partition coefficient (Wildman–Crippen LogP) is 3.46. The van der Waals surface area contributed by atoms with Crippen molar-refractivity contribution in [3.05, 3.63) is 12.0 Å². The minimum atomic E-state index is 0.234. The highest BCUT2D eigenvalue weighted by Crippen LogP contribution is 2.24. The monoisotopic (exact) mass is 196 g/mol. The topological polar surface area (TPSA) is 0 Å². The minimum absolute atomic E-state index is 0.234. The lowest BCUT2D eigenvalue weighted by Crippen LogP contribution is -2.11. The SMILES string of the molecule is CCCCCC[SiH2][C]1CC[CH]CC1. The van der Waals surface area contributed by atoms with E-state index in [1.807, 2.05) is 5.54 Å². The molecule has 0 aromatic carbocycles. The molecule has 1 fully saturated rings. The van der Waals surface area contributed by atoms with E-state index < -0.39 is 0 Å². The smallest absolute Gasteiger partial charge is 0.0274 e. The van der Waals surface area contributed by atoms with E-state index in [1.54, 1.807) is 6.04 Å². The van der Waals surface area contributed by atoms with E-state index >= 15 is 0 Å². The molecule has 76 valence electrons. The highest BCUT2D eigenvalue weighted by Gasteiger charge is 2.13. The Morgan fingerprint density at radius 3 is 2.62 bits per heavy atom. The first-order valence-corrected chi connectivity index (χ1v) is 7.79. The van der Waals surface area contributed by atoms with Gasteiger partial charge in [0.25, 0.3) is 0 Å². The Balaban J connectivity index is 1.86. The average Bonchev–Trinajstić information content (AvgIpc) is 2.19. The summed E-state index contributed by atoms with van der Waals surface area (Å²) in [5.41, 5.74) is 1.99. The molecule has 0 unspecified atom stereocenters. The van der Waals surface area contributed by atoms with E-state index in [1.165, 1.54) is 51.4 Å². The summed E-state index contributed by atoms with van der Waals surface area (Å²) in [6.45, 7) is 2.29. The second-order valence-electron chi connectivity index (χ2n) is 4.28. The highest BCUT2D eigenvalue weighted by molar-refractivity contribution is 6.43. The summed E-state index contributed by atoms with van der Waals surface area (Å²) in [6.07, 6.45) is 14.0. The van der Waals surface area contributed by atoms with Crippen LogP contribution in [0, 0.1) is 12.0 Å². The Morgan fingerprint density at radius 1 is 1.15 bits per heavy atom. The number of hydrogen-bond donors (Lipinski definition) is 0. The first-order chi connectivity index (χ1) is 6.43. The molecule has 2 radical (unpaired) electrons.